The average molecular weight is 438 g/mol. The number of carbonyl (C=O) groups excluding carboxylic acids is 5. The predicted molar refractivity (Wildman–Crippen MR) is 103 cm³/mol. The van der Waals surface area contributed by atoms with Gasteiger partial charge in [0.15, 0.2) is 0 Å². The Morgan fingerprint density at radius 1 is 0.781 bits per heavy atom. The minimum absolute atomic E-state index is 0.241. The van der Waals surface area contributed by atoms with E-state index in [1.54, 1.807) is 19.9 Å². The lowest BCUT2D eigenvalue weighted by Crippen LogP contribution is -2.78. The van der Waals surface area contributed by atoms with Gasteiger partial charge in [0.2, 0.25) is 11.8 Å². The van der Waals surface area contributed by atoms with Gasteiger partial charge >= 0.3 is 18.0 Å². The minimum atomic E-state index is -1.01. The molecule has 1 aromatic rings. The van der Waals surface area contributed by atoms with Crippen LogP contribution in [0.15, 0.2) is 12.1 Å². The Morgan fingerprint density at radius 3 is 2.09 bits per heavy atom. The van der Waals surface area contributed by atoms with Crippen LogP contribution in [0.25, 0.3) is 0 Å². The van der Waals surface area contributed by atoms with Crippen molar-refractivity contribution in [3.05, 3.63) is 23.3 Å². The number of hydrogen-bond acceptors (Lipinski definition) is 7. The number of carbonyl (C=O) groups is 5. The quantitative estimate of drug-likeness (QED) is 0.318. The third-order valence-electron chi connectivity index (χ3n) is 8.51. The van der Waals surface area contributed by atoms with E-state index in [0.717, 1.165) is 5.56 Å². The van der Waals surface area contributed by atoms with Crippen LogP contribution >= 0.6 is 0 Å². The fourth-order valence-electron chi connectivity index (χ4n) is 6.78. The lowest BCUT2D eigenvalue weighted by molar-refractivity contribution is -0.166. The lowest BCUT2D eigenvalue weighted by Gasteiger charge is -2.60. The van der Waals surface area contributed by atoms with Gasteiger partial charge in [-0.3, -0.25) is 25.0 Å². The predicted octanol–water partition coefficient (Wildman–Crippen LogP) is -0.394. The Labute approximate surface area is 180 Å². The molecule has 0 spiro atoms. The normalized spacial score (nSPS) is 44.1. The summed E-state index contributed by atoms with van der Waals surface area (Å²) in [5.41, 5.74) is -0.441. The van der Waals surface area contributed by atoms with E-state index in [1.807, 2.05) is 6.07 Å². The number of imide groups is 2. The topological polar surface area (TPSA) is 152 Å². The molecule has 0 bridgehead atoms. The number of rotatable bonds is 0. The molecule has 1 aromatic carbocycles. The van der Waals surface area contributed by atoms with Crippen LogP contribution in [-0.4, -0.2) is 48.0 Å². The van der Waals surface area contributed by atoms with E-state index >= 15 is 0 Å². The first-order valence-corrected chi connectivity index (χ1v) is 10.5. The molecule has 4 aliphatic heterocycles. The molecule has 2 aliphatic carbocycles. The zero-order valence-corrected chi connectivity index (χ0v) is 17.0. The standard InChI is InChI=1S/C21H18N4O7/c1-20-11-6-3-5-7(31-14-9(5)12-21(14,2)17(28)25-18(29)22-12)4-8(6)32-15(26)10(11)13(20)23-19(30)24-16(20)27/h3-4,9-14H,1-2H3,(H2,22,25,28,29)(H2,23,24,27,30). The van der Waals surface area contributed by atoms with Crippen molar-refractivity contribution in [2.75, 3.05) is 0 Å². The first kappa shape index (κ1) is 18.0. The number of esters is 1. The van der Waals surface area contributed by atoms with Crippen LogP contribution < -0.4 is 30.7 Å². The summed E-state index contributed by atoms with van der Waals surface area (Å²) in [5, 5.41) is 10.1. The molecule has 164 valence electrons. The van der Waals surface area contributed by atoms with Crippen LogP contribution in [0.3, 0.4) is 0 Å². The van der Waals surface area contributed by atoms with Gasteiger partial charge in [0, 0.05) is 29.0 Å². The first-order valence-electron chi connectivity index (χ1n) is 10.5. The molecule has 11 nitrogen and oxygen atoms in total. The van der Waals surface area contributed by atoms with Gasteiger partial charge in [0.25, 0.3) is 0 Å². The lowest BCUT2D eigenvalue weighted by atomic mass is 9.47. The van der Waals surface area contributed by atoms with E-state index in [9.17, 15) is 24.0 Å². The maximum absolute atomic E-state index is 12.8. The summed E-state index contributed by atoms with van der Waals surface area (Å²) in [6, 6.07) is 1.24. The van der Waals surface area contributed by atoms with Crippen molar-refractivity contribution in [2.45, 2.75) is 43.9 Å². The van der Waals surface area contributed by atoms with Crippen molar-refractivity contribution >= 4 is 29.8 Å². The molecule has 2 saturated carbocycles. The fourth-order valence-corrected chi connectivity index (χ4v) is 6.78. The summed E-state index contributed by atoms with van der Waals surface area (Å²) in [6.45, 7) is 3.48. The van der Waals surface area contributed by atoms with Crippen molar-refractivity contribution in [1.82, 2.24) is 21.3 Å². The molecular weight excluding hydrogens is 420 g/mol. The molecule has 8 unspecified atom stereocenters. The number of amides is 6. The van der Waals surface area contributed by atoms with E-state index in [0.29, 0.717) is 17.1 Å². The van der Waals surface area contributed by atoms with Gasteiger partial charge in [-0.2, -0.15) is 0 Å². The van der Waals surface area contributed by atoms with Gasteiger partial charge in [-0.05, 0) is 19.9 Å². The van der Waals surface area contributed by atoms with Gasteiger partial charge in [-0.25, -0.2) is 9.59 Å². The molecule has 0 aromatic heterocycles. The number of nitrogens with one attached hydrogen (secondary N) is 4. The third kappa shape index (κ3) is 1.68. The third-order valence-corrected chi connectivity index (χ3v) is 8.51. The fraction of sp³-hybridized carbons (Fsp3) is 0.476. The summed E-state index contributed by atoms with van der Waals surface area (Å²) in [7, 11) is 0. The molecule has 8 atom stereocenters. The largest absolute Gasteiger partial charge is 0.488 e. The summed E-state index contributed by atoms with van der Waals surface area (Å²) in [4.78, 5) is 61.8. The smallest absolute Gasteiger partial charge is 0.321 e. The van der Waals surface area contributed by atoms with Crippen LogP contribution in [0.4, 0.5) is 9.59 Å². The summed E-state index contributed by atoms with van der Waals surface area (Å²) in [5.74, 6) is -1.93. The van der Waals surface area contributed by atoms with Crippen molar-refractivity contribution in [3.63, 3.8) is 0 Å². The van der Waals surface area contributed by atoms with E-state index < -0.39 is 64.8 Å². The van der Waals surface area contributed by atoms with Crippen LogP contribution in [-0.2, 0) is 14.4 Å². The Bertz CT molecular complexity index is 1230. The summed E-state index contributed by atoms with van der Waals surface area (Å²) < 4.78 is 11.7. The monoisotopic (exact) mass is 438 g/mol. The molecule has 0 radical (unpaired) electrons. The molecule has 32 heavy (non-hydrogen) atoms. The zero-order chi connectivity index (χ0) is 22.3. The van der Waals surface area contributed by atoms with Crippen molar-refractivity contribution in [1.29, 1.82) is 0 Å². The number of benzene rings is 1. The van der Waals surface area contributed by atoms with Gasteiger partial charge in [0.1, 0.15) is 23.0 Å². The first-order chi connectivity index (χ1) is 15.2. The van der Waals surface area contributed by atoms with Crippen LogP contribution in [0.5, 0.6) is 11.5 Å². The van der Waals surface area contributed by atoms with Crippen molar-refractivity contribution < 1.29 is 33.4 Å². The molecule has 7 rings (SSSR count). The number of urea groups is 2. The molecule has 6 aliphatic rings. The highest BCUT2D eigenvalue weighted by molar-refractivity contribution is 6.05. The van der Waals surface area contributed by atoms with E-state index in [1.165, 1.54) is 0 Å². The molecule has 11 heteroatoms. The highest BCUT2D eigenvalue weighted by Crippen LogP contribution is 2.65. The highest BCUT2D eigenvalue weighted by Gasteiger charge is 2.73. The van der Waals surface area contributed by atoms with E-state index in [2.05, 4.69) is 21.3 Å². The Balaban J connectivity index is 1.33. The van der Waals surface area contributed by atoms with Crippen LogP contribution in [0.2, 0.25) is 0 Å². The Kier molecular flexibility index (Phi) is 2.84. The van der Waals surface area contributed by atoms with Crippen molar-refractivity contribution in [3.8, 4) is 11.5 Å². The molecule has 4 N–H and O–H groups in total. The maximum atomic E-state index is 12.8. The molecule has 4 heterocycles. The van der Waals surface area contributed by atoms with Crippen LogP contribution in [0, 0.1) is 16.7 Å². The molecule has 6 amide bonds. The van der Waals surface area contributed by atoms with Gasteiger partial charge in [-0.1, -0.05) is 0 Å². The number of ether oxygens (including phenoxy) is 2. The Morgan fingerprint density at radius 2 is 1.41 bits per heavy atom. The number of hydrogen-bond donors (Lipinski definition) is 4. The Hall–Kier alpha value is -3.63. The zero-order valence-electron chi connectivity index (χ0n) is 17.0. The second kappa shape index (κ2) is 5.05. The maximum Gasteiger partial charge on any atom is 0.321 e. The second-order valence-corrected chi connectivity index (χ2v) is 9.79. The van der Waals surface area contributed by atoms with Gasteiger partial charge in [0.05, 0.1) is 23.4 Å². The summed E-state index contributed by atoms with van der Waals surface area (Å²) in [6.07, 6.45) is -0.472. The highest BCUT2D eigenvalue weighted by atomic mass is 16.5. The average Bonchev–Trinajstić information content (AvgIpc) is 3.06. The molecular formula is C21H18N4O7. The minimum Gasteiger partial charge on any atom is -0.488 e. The molecule has 4 fully saturated rings. The summed E-state index contributed by atoms with van der Waals surface area (Å²) >= 11 is 0. The SMILES string of the molecule is CC12C(=O)NC(=O)NC1C1c3cc4c(cc3OC12)OC(=O)C1C2NC(=O)NC(=O)C2(C)C41. The van der Waals surface area contributed by atoms with Crippen LogP contribution in [0.1, 0.15) is 36.8 Å². The molecule has 2 saturated heterocycles. The van der Waals surface area contributed by atoms with E-state index in [4.69, 9.17) is 9.47 Å². The van der Waals surface area contributed by atoms with Gasteiger partial charge in [-0.15, -0.1) is 0 Å². The second-order valence-electron chi connectivity index (χ2n) is 9.79. The van der Waals surface area contributed by atoms with Gasteiger partial charge < -0.3 is 20.1 Å². The number of fused-ring (bicyclic) bond motifs is 12. The van der Waals surface area contributed by atoms with Crippen molar-refractivity contribution in [2.24, 2.45) is 16.7 Å². The van der Waals surface area contributed by atoms with E-state index in [-0.39, 0.29) is 11.8 Å².